The average molecular weight is 372 g/mol. The van der Waals surface area contributed by atoms with E-state index in [4.69, 9.17) is 17.7 Å². The van der Waals surface area contributed by atoms with Crippen LogP contribution in [0.4, 0.5) is 13.2 Å². The molecule has 2 atom stereocenters. The van der Waals surface area contributed by atoms with Crippen molar-refractivity contribution in [3.05, 3.63) is 30.3 Å². The molecule has 2 rings (SSSR count). The molecule has 9 heteroatoms. The Morgan fingerprint density at radius 2 is 1.87 bits per heavy atom. The van der Waals surface area contributed by atoms with E-state index >= 15 is 0 Å². The molecule has 23 heavy (non-hydrogen) atoms. The van der Waals surface area contributed by atoms with Crippen LogP contribution in [-0.4, -0.2) is 42.7 Å². The van der Waals surface area contributed by atoms with E-state index in [1.54, 1.807) is 0 Å². The lowest BCUT2D eigenvalue weighted by Gasteiger charge is -2.08. The zero-order valence-corrected chi connectivity index (χ0v) is 14.2. The highest BCUT2D eigenvalue weighted by Gasteiger charge is 2.37. The summed E-state index contributed by atoms with van der Waals surface area (Å²) < 4.78 is 64.7. The van der Waals surface area contributed by atoms with Crippen LogP contribution in [-0.2, 0) is 25.7 Å². The van der Waals surface area contributed by atoms with Crippen LogP contribution in [0.25, 0.3) is 0 Å². The Hall–Kier alpha value is -0.770. The number of hydrogen-bond donors (Lipinski definition) is 0. The Balaban J connectivity index is 0.000000284. The molecule has 1 aliphatic heterocycles. The second kappa shape index (κ2) is 8.91. The third kappa shape index (κ3) is 7.11. The maximum Gasteiger partial charge on any atom is 0.485 e. The minimum absolute atomic E-state index is 0.451. The smallest absolute Gasteiger partial charge is 0.485 e. The molecule has 132 valence electrons. The largest absolute Gasteiger partial charge is 0.741 e. The Morgan fingerprint density at radius 3 is 2.35 bits per heavy atom. The van der Waals surface area contributed by atoms with E-state index in [2.05, 4.69) is 37.3 Å². The van der Waals surface area contributed by atoms with Crippen LogP contribution in [0.2, 0.25) is 0 Å². The highest BCUT2D eigenvalue weighted by molar-refractivity contribution is 7.97. The Bertz CT molecular complexity index is 561. The van der Waals surface area contributed by atoms with Gasteiger partial charge in [0.2, 0.25) is 0 Å². The van der Waals surface area contributed by atoms with Crippen LogP contribution in [0.1, 0.15) is 19.8 Å². The predicted molar refractivity (Wildman–Crippen MR) is 82.2 cm³/mol. The zero-order valence-electron chi connectivity index (χ0n) is 12.6. The molecule has 0 radical (unpaired) electrons. The van der Waals surface area contributed by atoms with Crippen molar-refractivity contribution in [3.8, 4) is 0 Å². The molecular weight excluding hydrogens is 353 g/mol. The number of rotatable bonds is 4. The van der Waals surface area contributed by atoms with Gasteiger partial charge in [-0.05, 0) is 18.6 Å². The van der Waals surface area contributed by atoms with Gasteiger partial charge in [-0.1, -0.05) is 25.1 Å². The van der Waals surface area contributed by atoms with Crippen molar-refractivity contribution in [2.75, 3.05) is 18.1 Å². The molecule has 1 fully saturated rings. The molecule has 0 bridgehead atoms. The summed E-state index contributed by atoms with van der Waals surface area (Å²) in [6, 6.07) is 10.9. The highest BCUT2D eigenvalue weighted by atomic mass is 32.2. The van der Waals surface area contributed by atoms with Crippen LogP contribution in [0.5, 0.6) is 0 Å². The summed E-state index contributed by atoms with van der Waals surface area (Å²) in [5, 5.41) is 0. The molecule has 0 spiro atoms. The van der Waals surface area contributed by atoms with Crippen molar-refractivity contribution < 1.29 is 30.9 Å². The van der Waals surface area contributed by atoms with Gasteiger partial charge in [-0.15, -0.1) is 0 Å². The van der Waals surface area contributed by atoms with Crippen LogP contribution in [0.3, 0.4) is 0 Å². The van der Waals surface area contributed by atoms with Crippen molar-refractivity contribution in [1.29, 1.82) is 0 Å². The van der Waals surface area contributed by atoms with Crippen molar-refractivity contribution in [1.82, 2.24) is 0 Å². The van der Waals surface area contributed by atoms with E-state index in [0.717, 1.165) is 13.0 Å². The van der Waals surface area contributed by atoms with E-state index in [0.29, 0.717) is 17.0 Å². The van der Waals surface area contributed by atoms with Gasteiger partial charge in [-0.2, -0.15) is 13.2 Å². The summed E-state index contributed by atoms with van der Waals surface area (Å²) in [5.74, 6) is 2.56. The normalized spacial score (nSPS) is 21.6. The lowest BCUT2D eigenvalue weighted by atomic mass is 10.3. The van der Waals surface area contributed by atoms with Crippen LogP contribution >= 0.6 is 0 Å². The molecule has 0 amide bonds. The van der Waals surface area contributed by atoms with Crippen LogP contribution < -0.4 is 0 Å². The Morgan fingerprint density at radius 1 is 1.30 bits per heavy atom. The van der Waals surface area contributed by atoms with Gasteiger partial charge in [0.15, 0.2) is 15.0 Å². The van der Waals surface area contributed by atoms with E-state index in [1.807, 2.05) is 0 Å². The molecule has 4 nitrogen and oxygen atoms in total. The number of hydrogen-bond acceptors (Lipinski definition) is 4. The molecule has 0 aliphatic carbocycles. The molecule has 1 saturated heterocycles. The first-order valence-corrected chi connectivity index (χ1v) is 9.98. The standard InChI is InChI=1S/C13H19OS.CHF3O3S/c1-2-9-14-12-8-10-15(11-12)13-6-4-3-5-7-13;2-1(3,4)8(5,6)7/h3-7,12H,2,8-11H2,1H3;(H,5,6,7)/q+1;/p-1. The second-order valence-corrected chi connectivity index (χ2v) is 8.43. The number of ether oxygens (including phenoxy) is 1. The van der Waals surface area contributed by atoms with Gasteiger partial charge in [-0.3, -0.25) is 0 Å². The number of benzene rings is 1. The molecule has 1 aromatic carbocycles. The SMILES string of the molecule is CCCOC1CC[S+](c2ccccc2)C1.O=S(=O)([O-])C(F)(F)F. The predicted octanol–water partition coefficient (Wildman–Crippen LogP) is 2.91. The van der Waals surface area contributed by atoms with Crippen LogP contribution in [0.15, 0.2) is 35.2 Å². The van der Waals surface area contributed by atoms with Gasteiger partial charge < -0.3 is 9.29 Å². The Kier molecular flexibility index (Phi) is 7.85. The van der Waals surface area contributed by atoms with Crippen molar-refractivity contribution in [2.24, 2.45) is 0 Å². The fraction of sp³-hybridized carbons (Fsp3) is 0.571. The molecule has 0 N–H and O–H groups in total. The maximum atomic E-state index is 10.7. The van der Waals surface area contributed by atoms with Gasteiger partial charge in [0.05, 0.1) is 0 Å². The van der Waals surface area contributed by atoms with Gasteiger partial charge in [-0.25, -0.2) is 8.42 Å². The fourth-order valence-corrected chi connectivity index (χ4v) is 4.30. The lowest BCUT2D eigenvalue weighted by molar-refractivity contribution is -0.0517. The van der Waals surface area contributed by atoms with Gasteiger partial charge >= 0.3 is 5.51 Å². The first-order chi connectivity index (χ1) is 10.6. The summed E-state index contributed by atoms with van der Waals surface area (Å²) in [7, 11) is -5.64. The molecule has 0 aromatic heterocycles. The summed E-state index contributed by atoms with van der Waals surface area (Å²) in [4.78, 5) is 1.51. The minimum atomic E-state index is -6.09. The van der Waals surface area contributed by atoms with Crippen molar-refractivity contribution in [2.45, 2.75) is 36.3 Å². The third-order valence-electron chi connectivity index (χ3n) is 2.99. The molecule has 1 aliphatic rings. The van der Waals surface area contributed by atoms with Crippen molar-refractivity contribution in [3.63, 3.8) is 0 Å². The first-order valence-electron chi connectivity index (χ1n) is 7.01. The quantitative estimate of drug-likeness (QED) is 0.463. The number of halogens is 3. The molecule has 1 heterocycles. The fourth-order valence-electron chi connectivity index (χ4n) is 1.91. The van der Waals surface area contributed by atoms with Gasteiger partial charge in [0.1, 0.15) is 17.6 Å². The summed E-state index contributed by atoms with van der Waals surface area (Å²) in [6.07, 6.45) is 2.90. The third-order valence-corrected chi connectivity index (χ3v) is 6.00. The minimum Gasteiger partial charge on any atom is -0.741 e. The summed E-state index contributed by atoms with van der Waals surface area (Å²) in [5.41, 5.74) is -5.65. The first kappa shape index (κ1) is 20.3. The summed E-state index contributed by atoms with van der Waals surface area (Å²) in [6.45, 7) is 3.10. The van der Waals surface area contributed by atoms with Gasteiger partial charge in [0.25, 0.3) is 0 Å². The van der Waals surface area contributed by atoms with E-state index in [-0.39, 0.29) is 0 Å². The van der Waals surface area contributed by atoms with Crippen LogP contribution in [0, 0.1) is 0 Å². The average Bonchev–Trinajstić information content (AvgIpc) is 2.93. The molecule has 2 unspecified atom stereocenters. The monoisotopic (exact) mass is 372 g/mol. The molecule has 0 saturated carbocycles. The van der Waals surface area contributed by atoms with E-state index < -0.39 is 15.6 Å². The van der Waals surface area contributed by atoms with E-state index in [1.165, 1.54) is 22.8 Å². The van der Waals surface area contributed by atoms with E-state index in [9.17, 15) is 13.2 Å². The topological polar surface area (TPSA) is 66.4 Å². The molecule has 1 aromatic rings. The van der Waals surface area contributed by atoms with Crippen molar-refractivity contribution >= 4 is 21.0 Å². The number of alkyl halides is 3. The lowest BCUT2D eigenvalue weighted by Crippen LogP contribution is -2.21. The maximum absolute atomic E-state index is 10.7. The van der Waals surface area contributed by atoms with Gasteiger partial charge in [0, 0.05) is 23.9 Å². The Labute approximate surface area is 137 Å². The summed E-state index contributed by atoms with van der Waals surface area (Å²) >= 11 is 0. The second-order valence-electron chi connectivity index (χ2n) is 4.86. The molecular formula is C14H19F3O4S2. The zero-order chi connectivity index (χ0) is 17.5. The highest BCUT2D eigenvalue weighted by Crippen LogP contribution is 2.24.